The molecule has 2 fully saturated rings. The minimum Gasteiger partial charge on any atom is -0.372 e. The van der Waals surface area contributed by atoms with Gasteiger partial charge in [0.1, 0.15) is 0 Å². The molecule has 0 spiro atoms. The molecule has 0 aliphatic carbocycles. The van der Waals surface area contributed by atoms with Crippen molar-refractivity contribution in [2.24, 2.45) is 0 Å². The van der Waals surface area contributed by atoms with Crippen molar-refractivity contribution in [3.63, 3.8) is 0 Å². The van der Waals surface area contributed by atoms with Crippen LogP contribution in [0, 0.1) is 0 Å². The normalized spacial score (nSPS) is 33.2. The molecule has 0 saturated carbocycles. The Morgan fingerprint density at radius 3 is 2.69 bits per heavy atom. The Hall–Kier alpha value is -0.610. The second-order valence-corrected chi connectivity index (χ2v) is 3.79. The van der Waals surface area contributed by atoms with E-state index in [4.69, 9.17) is 4.74 Å². The Bertz CT molecular complexity index is 174. The molecule has 2 heterocycles. The molecule has 13 heavy (non-hydrogen) atoms. The van der Waals surface area contributed by atoms with E-state index in [1.807, 2.05) is 0 Å². The number of fused-ring (bicyclic) bond motifs is 2. The zero-order chi connectivity index (χ0) is 9.10. The fraction of sp³-hybridized carbons (Fsp3) is 0.889. The number of rotatable bonds is 4. The number of amides is 1. The van der Waals surface area contributed by atoms with E-state index >= 15 is 0 Å². The van der Waals surface area contributed by atoms with E-state index in [0.717, 1.165) is 32.6 Å². The van der Waals surface area contributed by atoms with Crippen LogP contribution in [0.3, 0.4) is 0 Å². The van der Waals surface area contributed by atoms with Crippen LogP contribution in [0.4, 0.5) is 0 Å². The number of nitrogens with zero attached hydrogens (tertiary/aromatic N) is 1. The molecule has 2 atom stereocenters. The van der Waals surface area contributed by atoms with Crippen LogP contribution in [0.5, 0.6) is 0 Å². The van der Waals surface area contributed by atoms with Crippen molar-refractivity contribution in [3.05, 3.63) is 0 Å². The molecule has 74 valence electrons. The fourth-order valence-electron chi connectivity index (χ4n) is 2.16. The monoisotopic (exact) mass is 184 g/mol. The van der Waals surface area contributed by atoms with Gasteiger partial charge in [0.25, 0.3) is 0 Å². The molecular weight excluding hydrogens is 168 g/mol. The molecule has 0 aromatic carbocycles. The molecule has 0 aromatic heterocycles. The second kappa shape index (κ2) is 4.07. The van der Waals surface area contributed by atoms with Crippen molar-refractivity contribution in [1.82, 2.24) is 10.2 Å². The van der Waals surface area contributed by atoms with E-state index in [2.05, 4.69) is 10.2 Å². The van der Waals surface area contributed by atoms with Gasteiger partial charge in [0.15, 0.2) is 0 Å². The van der Waals surface area contributed by atoms with E-state index < -0.39 is 0 Å². The number of likely N-dealkylation sites (tertiary alicyclic amines) is 1. The van der Waals surface area contributed by atoms with Crippen molar-refractivity contribution < 1.29 is 9.53 Å². The Morgan fingerprint density at radius 1 is 1.38 bits per heavy atom. The summed E-state index contributed by atoms with van der Waals surface area (Å²) in [5, 5.41) is 2.68. The highest BCUT2D eigenvalue weighted by Crippen LogP contribution is 2.25. The fourth-order valence-corrected chi connectivity index (χ4v) is 2.16. The van der Waals surface area contributed by atoms with Gasteiger partial charge in [-0.2, -0.15) is 0 Å². The van der Waals surface area contributed by atoms with Gasteiger partial charge >= 0.3 is 0 Å². The van der Waals surface area contributed by atoms with Crippen LogP contribution in [-0.2, 0) is 9.53 Å². The van der Waals surface area contributed by atoms with Gasteiger partial charge in [-0.25, -0.2) is 0 Å². The van der Waals surface area contributed by atoms with Crippen molar-refractivity contribution >= 4 is 6.41 Å². The van der Waals surface area contributed by atoms with Gasteiger partial charge in [0.05, 0.1) is 12.2 Å². The number of ether oxygens (including phenoxy) is 1. The second-order valence-electron chi connectivity index (χ2n) is 3.79. The van der Waals surface area contributed by atoms with E-state index in [9.17, 15) is 4.79 Å². The molecule has 4 heteroatoms. The maximum Gasteiger partial charge on any atom is 0.207 e. The maximum atomic E-state index is 10.0. The standard InChI is InChI=1S/C9H16N2O2/c12-7-10-3-4-11-5-8-1-2-9(6-11)13-8/h7-9H,1-6H2,(H,10,12). The third-order valence-electron chi connectivity index (χ3n) is 2.77. The number of hydrogen-bond donors (Lipinski definition) is 1. The molecule has 2 rings (SSSR count). The van der Waals surface area contributed by atoms with Crippen molar-refractivity contribution in [1.29, 1.82) is 0 Å². The van der Waals surface area contributed by atoms with Gasteiger partial charge in [0.2, 0.25) is 6.41 Å². The Balaban J connectivity index is 1.72. The molecule has 2 aliphatic rings. The van der Waals surface area contributed by atoms with E-state index in [1.54, 1.807) is 0 Å². The minimum atomic E-state index is 0.454. The van der Waals surface area contributed by atoms with Gasteiger partial charge in [0, 0.05) is 26.2 Å². The molecule has 0 aromatic rings. The number of nitrogens with one attached hydrogen (secondary N) is 1. The minimum absolute atomic E-state index is 0.454. The topological polar surface area (TPSA) is 41.6 Å². The van der Waals surface area contributed by atoms with E-state index in [-0.39, 0.29) is 0 Å². The lowest BCUT2D eigenvalue weighted by molar-refractivity contribution is -0.109. The Morgan fingerprint density at radius 2 is 2.08 bits per heavy atom. The van der Waals surface area contributed by atoms with Crippen LogP contribution in [0.1, 0.15) is 12.8 Å². The first kappa shape index (κ1) is 8.97. The Kier molecular flexibility index (Phi) is 2.80. The van der Waals surface area contributed by atoms with Gasteiger partial charge in [-0.1, -0.05) is 0 Å². The number of carbonyl (C=O) groups is 1. The summed E-state index contributed by atoms with van der Waals surface area (Å²) in [7, 11) is 0. The maximum absolute atomic E-state index is 10.0. The lowest BCUT2D eigenvalue weighted by Crippen LogP contribution is -2.45. The zero-order valence-corrected chi connectivity index (χ0v) is 7.74. The molecule has 2 unspecified atom stereocenters. The predicted molar refractivity (Wildman–Crippen MR) is 48.4 cm³/mol. The zero-order valence-electron chi connectivity index (χ0n) is 7.74. The molecule has 4 nitrogen and oxygen atoms in total. The summed E-state index contributed by atoms with van der Waals surface area (Å²) in [4.78, 5) is 12.4. The smallest absolute Gasteiger partial charge is 0.207 e. The largest absolute Gasteiger partial charge is 0.372 e. The first-order valence-electron chi connectivity index (χ1n) is 4.93. The quantitative estimate of drug-likeness (QED) is 0.477. The van der Waals surface area contributed by atoms with Crippen LogP contribution >= 0.6 is 0 Å². The van der Waals surface area contributed by atoms with Crippen LogP contribution in [0.15, 0.2) is 0 Å². The van der Waals surface area contributed by atoms with Crippen molar-refractivity contribution in [3.8, 4) is 0 Å². The highest BCUT2D eigenvalue weighted by molar-refractivity contribution is 5.45. The summed E-state index contributed by atoms with van der Waals surface area (Å²) in [5.41, 5.74) is 0. The number of carbonyl (C=O) groups excluding carboxylic acids is 1. The lowest BCUT2D eigenvalue weighted by atomic mass is 10.2. The van der Waals surface area contributed by atoms with Crippen LogP contribution in [-0.4, -0.2) is 49.7 Å². The predicted octanol–water partition coefficient (Wildman–Crippen LogP) is -0.404. The summed E-state index contributed by atoms with van der Waals surface area (Å²) in [6.07, 6.45) is 4.09. The first-order valence-corrected chi connectivity index (χ1v) is 4.93. The number of morpholine rings is 1. The van der Waals surface area contributed by atoms with Gasteiger partial charge < -0.3 is 10.1 Å². The molecule has 2 aliphatic heterocycles. The molecule has 2 bridgehead atoms. The number of hydrogen-bond acceptors (Lipinski definition) is 3. The summed E-state index contributed by atoms with van der Waals surface area (Å²) >= 11 is 0. The third kappa shape index (κ3) is 2.19. The lowest BCUT2D eigenvalue weighted by Gasteiger charge is -2.31. The average Bonchev–Trinajstić information content (AvgIpc) is 2.46. The van der Waals surface area contributed by atoms with Crippen LogP contribution in [0.2, 0.25) is 0 Å². The summed E-state index contributed by atoms with van der Waals surface area (Å²) < 4.78 is 5.70. The molecule has 1 N–H and O–H groups in total. The third-order valence-corrected chi connectivity index (χ3v) is 2.77. The summed E-state index contributed by atoms with van der Waals surface area (Å²) in [6.45, 7) is 3.78. The summed E-state index contributed by atoms with van der Waals surface area (Å²) in [6, 6.07) is 0. The Labute approximate surface area is 78.2 Å². The average molecular weight is 184 g/mol. The van der Waals surface area contributed by atoms with Gasteiger partial charge in [-0.15, -0.1) is 0 Å². The highest BCUT2D eigenvalue weighted by atomic mass is 16.5. The van der Waals surface area contributed by atoms with Gasteiger partial charge in [-0.05, 0) is 12.8 Å². The molecule has 0 radical (unpaired) electrons. The van der Waals surface area contributed by atoms with E-state index in [0.29, 0.717) is 12.2 Å². The van der Waals surface area contributed by atoms with Gasteiger partial charge in [-0.3, -0.25) is 9.69 Å². The first-order chi connectivity index (χ1) is 6.38. The van der Waals surface area contributed by atoms with E-state index in [1.165, 1.54) is 12.8 Å². The SMILES string of the molecule is O=CNCCN1CC2CCC(C1)O2. The molecular formula is C9H16N2O2. The van der Waals surface area contributed by atoms with Crippen LogP contribution < -0.4 is 5.32 Å². The van der Waals surface area contributed by atoms with Crippen molar-refractivity contribution in [2.45, 2.75) is 25.0 Å². The molecule has 2 saturated heterocycles. The van der Waals surface area contributed by atoms with Crippen molar-refractivity contribution in [2.75, 3.05) is 26.2 Å². The molecule has 1 amide bonds. The van der Waals surface area contributed by atoms with Crippen LogP contribution in [0.25, 0.3) is 0 Å². The summed E-state index contributed by atoms with van der Waals surface area (Å²) in [5.74, 6) is 0. The highest BCUT2D eigenvalue weighted by Gasteiger charge is 2.33.